The summed E-state index contributed by atoms with van der Waals surface area (Å²) >= 11 is 0. The molecule has 2 nitrogen and oxygen atoms in total. The van der Waals surface area contributed by atoms with E-state index in [1.165, 1.54) is 32.4 Å². The molecule has 10 heavy (non-hydrogen) atoms. The Morgan fingerprint density at radius 1 is 1.40 bits per heavy atom. The van der Waals surface area contributed by atoms with E-state index in [0.29, 0.717) is 0 Å². The van der Waals surface area contributed by atoms with Gasteiger partial charge in [-0.1, -0.05) is 6.92 Å². The maximum atomic E-state index is 3.97. The Bertz CT molecular complexity index is 87.3. The SMILES string of the molecule is [CH2]N(CCC)N1CCCC1. The summed E-state index contributed by atoms with van der Waals surface area (Å²) in [5.74, 6) is 0. The van der Waals surface area contributed by atoms with Crippen LogP contribution in [-0.2, 0) is 0 Å². The van der Waals surface area contributed by atoms with Crippen LogP contribution in [0.25, 0.3) is 0 Å². The van der Waals surface area contributed by atoms with Crippen molar-refractivity contribution in [2.45, 2.75) is 26.2 Å². The fourth-order valence-electron chi connectivity index (χ4n) is 1.38. The third-order valence-corrected chi connectivity index (χ3v) is 1.96. The van der Waals surface area contributed by atoms with Crippen LogP contribution in [0.15, 0.2) is 0 Å². The largest absolute Gasteiger partial charge is 0.242 e. The Balaban J connectivity index is 2.18. The molecule has 0 bridgehead atoms. The maximum absolute atomic E-state index is 3.97. The standard InChI is InChI=1S/C8H17N2/c1-3-6-9(2)10-7-4-5-8-10/h2-8H2,1H3. The van der Waals surface area contributed by atoms with E-state index in [4.69, 9.17) is 0 Å². The van der Waals surface area contributed by atoms with E-state index < -0.39 is 0 Å². The zero-order valence-electron chi connectivity index (χ0n) is 6.84. The Hall–Kier alpha value is -0.0800. The molecule has 0 aliphatic carbocycles. The maximum Gasteiger partial charge on any atom is 0.0275 e. The van der Waals surface area contributed by atoms with Gasteiger partial charge in [-0.05, 0) is 19.3 Å². The van der Waals surface area contributed by atoms with Crippen molar-refractivity contribution in [3.63, 3.8) is 0 Å². The van der Waals surface area contributed by atoms with Crippen molar-refractivity contribution in [1.29, 1.82) is 0 Å². The van der Waals surface area contributed by atoms with Crippen molar-refractivity contribution in [3.05, 3.63) is 7.05 Å². The van der Waals surface area contributed by atoms with Crippen LogP contribution >= 0.6 is 0 Å². The fourth-order valence-corrected chi connectivity index (χ4v) is 1.38. The van der Waals surface area contributed by atoms with Crippen LogP contribution in [0.1, 0.15) is 26.2 Å². The number of hydrogen-bond donors (Lipinski definition) is 0. The average molecular weight is 141 g/mol. The molecule has 0 aromatic rings. The molecule has 1 radical (unpaired) electrons. The van der Waals surface area contributed by atoms with Gasteiger partial charge in [0.25, 0.3) is 0 Å². The van der Waals surface area contributed by atoms with Crippen molar-refractivity contribution in [3.8, 4) is 0 Å². The van der Waals surface area contributed by atoms with E-state index >= 15 is 0 Å². The number of hydrazine groups is 1. The molecule has 0 atom stereocenters. The highest BCUT2D eigenvalue weighted by Gasteiger charge is 2.14. The minimum absolute atomic E-state index is 1.10. The zero-order chi connectivity index (χ0) is 7.40. The van der Waals surface area contributed by atoms with Crippen molar-refractivity contribution < 1.29 is 0 Å². The lowest BCUT2D eigenvalue weighted by Crippen LogP contribution is -2.36. The molecule has 0 spiro atoms. The summed E-state index contributed by atoms with van der Waals surface area (Å²) in [6.45, 7) is 5.71. The second kappa shape index (κ2) is 3.94. The molecule has 1 fully saturated rings. The van der Waals surface area contributed by atoms with Crippen molar-refractivity contribution in [1.82, 2.24) is 10.0 Å². The molecule has 1 aliphatic rings. The van der Waals surface area contributed by atoms with E-state index in [1.807, 2.05) is 0 Å². The van der Waals surface area contributed by atoms with Crippen molar-refractivity contribution >= 4 is 0 Å². The van der Waals surface area contributed by atoms with Gasteiger partial charge in [0.15, 0.2) is 0 Å². The molecule has 0 aromatic carbocycles. The first-order valence-electron chi connectivity index (χ1n) is 4.17. The zero-order valence-corrected chi connectivity index (χ0v) is 6.84. The summed E-state index contributed by atoms with van der Waals surface area (Å²) in [7, 11) is 3.97. The Kier molecular flexibility index (Phi) is 3.16. The van der Waals surface area contributed by atoms with Gasteiger partial charge >= 0.3 is 0 Å². The van der Waals surface area contributed by atoms with Gasteiger partial charge < -0.3 is 0 Å². The predicted octanol–water partition coefficient (Wildman–Crippen LogP) is 1.50. The first kappa shape index (κ1) is 8.02. The van der Waals surface area contributed by atoms with Gasteiger partial charge in [-0.3, -0.25) is 0 Å². The first-order valence-corrected chi connectivity index (χ1v) is 4.17. The summed E-state index contributed by atoms with van der Waals surface area (Å²) in [6, 6.07) is 0. The minimum Gasteiger partial charge on any atom is -0.242 e. The molecule has 0 amide bonds. The molecule has 0 unspecified atom stereocenters. The summed E-state index contributed by atoms with van der Waals surface area (Å²) in [4.78, 5) is 0. The molecule has 1 rings (SSSR count). The lowest BCUT2D eigenvalue weighted by molar-refractivity contribution is 0.0450. The van der Waals surface area contributed by atoms with Gasteiger partial charge in [0.05, 0.1) is 0 Å². The van der Waals surface area contributed by atoms with Crippen molar-refractivity contribution in [2.75, 3.05) is 19.6 Å². The third kappa shape index (κ3) is 1.96. The molecule has 1 heterocycles. The Morgan fingerprint density at radius 2 is 2.00 bits per heavy atom. The van der Waals surface area contributed by atoms with Crippen LogP contribution < -0.4 is 0 Å². The van der Waals surface area contributed by atoms with Crippen LogP contribution in [0.2, 0.25) is 0 Å². The van der Waals surface area contributed by atoms with E-state index in [-0.39, 0.29) is 0 Å². The molecule has 1 aliphatic heterocycles. The molecule has 0 aromatic heterocycles. The smallest absolute Gasteiger partial charge is 0.0275 e. The lowest BCUT2D eigenvalue weighted by Gasteiger charge is -2.26. The summed E-state index contributed by atoms with van der Waals surface area (Å²) < 4.78 is 0. The highest BCUT2D eigenvalue weighted by Crippen LogP contribution is 2.09. The summed E-state index contributed by atoms with van der Waals surface area (Å²) in [5, 5.41) is 4.44. The molecule has 0 saturated carbocycles. The third-order valence-electron chi connectivity index (χ3n) is 1.96. The highest BCUT2D eigenvalue weighted by molar-refractivity contribution is 4.64. The van der Waals surface area contributed by atoms with Gasteiger partial charge in [0.2, 0.25) is 0 Å². The van der Waals surface area contributed by atoms with Crippen LogP contribution in [0.3, 0.4) is 0 Å². The predicted molar refractivity (Wildman–Crippen MR) is 43.2 cm³/mol. The summed E-state index contributed by atoms with van der Waals surface area (Å²) in [6.07, 6.45) is 3.88. The molecular formula is C8H17N2. The molecular weight excluding hydrogens is 124 g/mol. The van der Waals surface area contributed by atoms with Crippen LogP contribution in [0.4, 0.5) is 0 Å². The highest BCUT2D eigenvalue weighted by atomic mass is 15.6. The monoisotopic (exact) mass is 141 g/mol. The topological polar surface area (TPSA) is 6.48 Å². The average Bonchev–Trinajstić information content (AvgIpc) is 2.38. The summed E-state index contributed by atoms with van der Waals surface area (Å²) in [5.41, 5.74) is 0. The van der Waals surface area contributed by atoms with Gasteiger partial charge in [0.1, 0.15) is 0 Å². The molecule has 0 N–H and O–H groups in total. The Labute approximate surface area is 63.8 Å². The first-order chi connectivity index (χ1) is 4.84. The van der Waals surface area contributed by atoms with Crippen LogP contribution in [-0.4, -0.2) is 29.7 Å². The number of nitrogens with zero attached hydrogens (tertiary/aromatic N) is 2. The second-order valence-electron chi connectivity index (χ2n) is 2.89. The fraction of sp³-hybridized carbons (Fsp3) is 0.875. The Morgan fingerprint density at radius 3 is 2.50 bits per heavy atom. The lowest BCUT2D eigenvalue weighted by atomic mass is 10.4. The van der Waals surface area contributed by atoms with Crippen molar-refractivity contribution in [2.24, 2.45) is 0 Å². The second-order valence-corrected chi connectivity index (χ2v) is 2.89. The van der Waals surface area contributed by atoms with Gasteiger partial charge in [-0.15, -0.1) is 0 Å². The minimum atomic E-state index is 1.10. The van der Waals surface area contributed by atoms with Gasteiger partial charge in [0, 0.05) is 26.7 Å². The normalized spacial score (nSPS) is 20.7. The van der Waals surface area contributed by atoms with E-state index in [9.17, 15) is 0 Å². The van der Waals surface area contributed by atoms with Gasteiger partial charge in [-0.25, -0.2) is 10.0 Å². The van der Waals surface area contributed by atoms with Crippen LogP contribution in [0.5, 0.6) is 0 Å². The van der Waals surface area contributed by atoms with Gasteiger partial charge in [-0.2, -0.15) is 0 Å². The van der Waals surface area contributed by atoms with E-state index in [1.54, 1.807) is 0 Å². The number of hydrogen-bond acceptors (Lipinski definition) is 2. The molecule has 2 heteroatoms. The molecule has 1 saturated heterocycles. The van der Waals surface area contributed by atoms with Crippen LogP contribution in [0, 0.1) is 7.05 Å². The van der Waals surface area contributed by atoms with E-state index in [2.05, 4.69) is 24.0 Å². The number of rotatable bonds is 3. The van der Waals surface area contributed by atoms with E-state index in [0.717, 1.165) is 6.54 Å². The quantitative estimate of drug-likeness (QED) is 0.587. The molecule has 59 valence electrons.